The topological polar surface area (TPSA) is 88.2 Å². The van der Waals surface area contributed by atoms with Crippen LogP contribution in [0.15, 0.2) is 6.20 Å². The van der Waals surface area contributed by atoms with E-state index in [1.807, 2.05) is 0 Å². The van der Waals surface area contributed by atoms with Crippen LogP contribution in [0.1, 0.15) is 23.1 Å². The zero-order valence-corrected chi connectivity index (χ0v) is 7.94. The Hall–Kier alpha value is -1.85. The van der Waals surface area contributed by atoms with Gasteiger partial charge in [0.2, 0.25) is 0 Å². The molecule has 1 rings (SSSR count). The lowest BCUT2D eigenvalue weighted by Crippen LogP contribution is -2.28. The lowest BCUT2D eigenvalue weighted by Gasteiger charge is -2.04. The van der Waals surface area contributed by atoms with Gasteiger partial charge in [0.05, 0.1) is 18.5 Å². The maximum atomic E-state index is 11.2. The van der Waals surface area contributed by atoms with Crippen molar-refractivity contribution in [3.05, 3.63) is 23.1 Å². The number of carbonyl (C=O) groups excluding carboxylic acids is 1. The smallest absolute Gasteiger partial charge is 0.360 e. The van der Waals surface area contributed by atoms with Gasteiger partial charge in [-0.3, -0.25) is 5.41 Å². The van der Waals surface area contributed by atoms with Crippen molar-refractivity contribution in [2.45, 2.75) is 13.8 Å². The summed E-state index contributed by atoms with van der Waals surface area (Å²) in [5.74, 6) is -0.705. The molecule has 0 amide bonds. The predicted molar refractivity (Wildman–Crippen MR) is 46.0 cm³/mol. The minimum Gasteiger partial charge on any atom is -0.461 e. The molecule has 0 spiro atoms. The molecule has 0 saturated carbocycles. The molecule has 0 atom stereocenters. The van der Waals surface area contributed by atoms with E-state index in [4.69, 9.17) is 5.41 Å². The SMILES string of the molecule is CCOC(=O)c1nc(C)cn(O)c1=N. The molecule has 0 fully saturated rings. The van der Waals surface area contributed by atoms with Crippen molar-refractivity contribution in [3.8, 4) is 0 Å². The van der Waals surface area contributed by atoms with E-state index >= 15 is 0 Å². The molecule has 0 bridgehead atoms. The summed E-state index contributed by atoms with van der Waals surface area (Å²) >= 11 is 0. The Bertz CT molecular complexity index is 411. The van der Waals surface area contributed by atoms with Gasteiger partial charge in [0, 0.05) is 0 Å². The average Bonchev–Trinajstić information content (AvgIpc) is 2.11. The third-order valence-electron chi connectivity index (χ3n) is 1.52. The molecule has 0 aliphatic heterocycles. The fourth-order valence-electron chi connectivity index (χ4n) is 0.950. The third kappa shape index (κ3) is 1.90. The fraction of sp³-hybridized carbons (Fsp3) is 0.375. The number of aromatic nitrogens is 2. The van der Waals surface area contributed by atoms with Crippen LogP contribution < -0.4 is 5.49 Å². The van der Waals surface area contributed by atoms with Crippen molar-refractivity contribution >= 4 is 5.97 Å². The average molecular weight is 197 g/mol. The van der Waals surface area contributed by atoms with Crippen LogP contribution in [-0.4, -0.2) is 27.5 Å². The highest BCUT2D eigenvalue weighted by Gasteiger charge is 2.13. The maximum absolute atomic E-state index is 11.2. The van der Waals surface area contributed by atoms with Gasteiger partial charge in [-0.05, 0) is 13.8 Å². The van der Waals surface area contributed by atoms with Crippen molar-refractivity contribution < 1.29 is 14.7 Å². The van der Waals surface area contributed by atoms with Crippen LogP contribution in [0, 0.1) is 12.3 Å². The first-order chi connectivity index (χ1) is 6.56. The Morgan fingerprint density at radius 2 is 2.43 bits per heavy atom. The van der Waals surface area contributed by atoms with Gasteiger partial charge < -0.3 is 9.94 Å². The molecule has 76 valence electrons. The molecular weight excluding hydrogens is 186 g/mol. The molecule has 0 aromatic carbocycles. The summed E-state index contributed by atoms with van der Waals surface area (Å²) in [7, 11) is 0. The number of esters is 1. The van der Waals surface area contributed by atoms with Gasteiger partial charge in [-0.1, -0.05) is 0 Å². The second kappa shape index (κ2) is 3.91. The van der Waals surface area contributed by atoms with E-state index in [1.165, 1.54) is 6.20 Å². The molecule has 1 aromatic rings. The predicted octanol–water partition coefficient (Wildman–Crippen LogP) is 0.0850. The Balaban J connectivity index is 3.21. The fourth-order valence-corrected chi connectivity index (χ4v) is 0.950. The molecule has 0 unspecified atom stereocenters. The molecule has 0 radical (unpaired) electrons. The number of carbonyl (C=O) groups is 1. The highest BCUT2D eigenvalue weighted by atomic mass is 16.5. The Kier molecular flexibility index (Phi) is 2.85. The second-order valence-corrected chi connectivity index (χ2v) is 2.64. The van der Waals surface area contributed by atoms with E-state index in [0.717, 1.165) is 0 Å². The first-order valence-electron chi connectivity index (χ1n) is 4.07. The van der Waals surface area contributed by atoms with Crippen molar-refractivity contribution in [2.24, 2.45) is 0 Å². The molecule has 0 aliphatic carbocycles. The molecule has 6 heteroatoms. The number of aryl methyl sites for hydroxylation is 1. The first-order valence-corrected chi connectivity index (χ1v) is 4.07. The summed E-state index contributed by atoms with van der Waals surface area (Å²) in [6.07, 6.45) is 1.24. The summed E-state index contributed by atoms with van der Waals surface area (Å²) < 4.78 is 5.21. The van der Waals surface area contributed by atoms with Crippen LogP contribution in [-0.2, 0) is 4.74 Å². The van der Waals surface area contributed by atoms with Gasteiger partial charge >= 0.3 is 5.97 Å². The van der Waals surface area contributed by atoms with Crippen LogP contribution in [0.5, 0.6) is 0 Å². The lowest BCUT2D eigenvalue weighted by molar-refractivity contribution is 0.0507. The van der Waals surface area contributed by atoms with Crippen molar-refractivity contribution in [1.82, 2.24) is 9.71 Å². The summed E-state index contributed by atoms with van der Waals surface area (Å²) in [5, 5.41) is 16.5. The van der Waals surface area contributed by atoms with E-state index in [9.17, 15) is 10.0 Å². The molecule has 0 aliphatic rings. The highest BCUT2D eigenvalue weighted by Crippen LogP contribution is 1.94. The summed E-state index contributed by atoms with van der Waals surface area (Å²) in [5.41, 5.74) is -0.130. The van der Waals surface area contributed by atoms with Crippen LogP contribution in [0.25, 0.3) is 0 Å². The number of nitrogens with zero attached hydrogens (tertiary/aromatic N) is 2. The number of ether oxygens (including phenoxy) is 1. The van der Waals surface area contributed by atoms with E-state index in [-0.39, 0.29) is 17.8 Å². The van der Waals surface area contributed by atoms with Crippen LogP contribution in [0.4, 0.5) is 0 Å². The van der Waals surface area contributed by atoms with Crippen molar-refractivity contribution in [1.29, 1.82) is 5.41 Å². The van der Waals surface area contributed by atoms with Crippen molar-refractivity contribution in [3.63, 3.8) is 0 Å². The molecule has 2 N–H and O–H groups in total. The Morgan fingerprint density at radius 3 is 3.00 bits per heavy atom. The molecule has 6 nitrogen and oxygen atoms in total. The normalized spacial score (nSPS) is 9.86. The van der Waals surface area contributed by atoms with E-state index in [2.05, 4.69) is 9.72 Å². The number of nitrogens with one attached hydrogen (secondary N) is 1. The molecule has 14 heavy (non-hydrogen) atoms. The van der Waals surface area contributed by atoms with E-state index in [0.29, 0.717) is 10.4 Å². The summed E-state index contributed by atoms with van der Waals surface area (Å²) in [4.78, 5) is 15.0. The minimum atomic E-state index is -0.705. The zero-order valence-electron chi connectivity index (χ0n) is 7.94. The molecule has 1 aromatic heterocycles. The third-order valence-corrected chi connectivity index (χ3v) is 1.52. The number of hydrogen-bond donors (Lipinski definition) is 2. The summed E-state index contributed by atoms with van der Waals surface area (Å²) in [6, 6.07) is 0. The van der Waals surface area contributed by atoms with Gasteiger partial charge in [0.25, 0.3) is 0 Å². The summed E-state index contributed by atoms with van der Waals surface area (Å²) in [6.45, 7) is 3.47. The Morgan fingerprint density at radius 1 is 1.79 bits per heavy atom. The number of rotatable bonds is 2. The largest absolute Gasteiger partial charge is 0.461 e. The second-order valence-electron chi connectivity index (χ2n) is 2.64. The Labute approximate surface area is 80.2 Å². The van der Waals surface area contributed by atoms with Gasteiger partial charge in [-0.15, -0.1) is 0 Å². The quantitative estimate of drug-likeness (QED) is 0.519. The van der Waals surface area contributed by atoms with Gasteiger partial charge in [-0.2, -0.15) is 4.73 Å². The van der Waals surface area contributed by atoms with Crippen molar-refractivity contribution in [2.75, 3.05) is 6.61 Å². The first kappa shape index (κ1) is 10.2. The van der Waals surface area contributed by atoms with E-state index in [1.54, 1.807) is 13.8 Å². The molecular formula is C8H11N3O3. The molecule has 1 heterocycles. The van der Waals surface area contributed by atoms with Gasteiger partial charge in [-0.25, -0.2) is 9.78 Å². The van der Waals surface area contributed by atoms with Crippen LogP contribution in [0.2, 0.25) is 0 Å². The standard InChI is InChI=1S/C8H11N3O3/c1-3-14-8(12)6-7(9)11(13)4-5(2)10-6/h4,9,13H,3H2,1-2H3. The van der Waals surface area contributed by atoms with Gasteiger partial charge in [0.15, 0.2) is 11.2 Å². The monoisotopic (exact) mass is 197 g/mol. The molecule has 0 saturated heterocycles. The van der Waals surface area contributed by atoms with E-state index < -0.39 is 5.97 Å². The van der Waals surface area contributed by atoms with Crippen LogP contribution >= 0.6 is 0 Å². The van der Waals surface area contributed by atoms with Crippen LogP contribution in [0.3, 0.4) is 0 Å². The minimum absolute atomic E-state index is 0.186. The maximum Gasteiger partial charge on any atom is 0.360 e. The lowest BCUT2D eigenvalue weighted by atomic mass is 10.4. The number of hydrogen-bond acceptors (Lipinski definition) is 5. The van der Waals surface area contributed by atoms with Gasteiger partial charge in [0.1, 0.15) is 0 Å². The zero-order chi connectivity index (χ0) is 10.7. The highest BCUT2D eigenvalue weighted by molar-refractivity contribution is 5.86.